The van der Waals surface area contributed by atoms with Gasteiger partial charge in [0.25, 0.3) is 5.91 Å². The van der Waals surface area contributed by atoms with E-state index in [4.69, 9.17) is 4.74 Å². The number of hydrogen-bond acceptors (Lipinski definition) is 4. The van der Waals surface area contributed by atoms with Crippen molar-refractivity contribution >= 4 is 5.91 Å². The molecule has 2 N–H and O–H groups in total. The topological polar surface area (TPSA) is 84.8 Å². The van der Waals surface area contributed by atoms with Crippen LogP contribution in [0.1, 0.15) is 29.8 Å². The van der Waals surface area contributed by atoms with Gasteiger partial charge in [0.05, 0.1) is 31.0 Å². The molecule has 20 heavy (non-hydrogen) atoms. The van der Waals surface area contributed by atoms with Crippen LogP contribution < -0.4 is 10.1 Å². The summed E-state index contributed by atoms with van der Waals surface area (Å²) in [6.45, 7) is 0. The highest BCUT2D eigenvalue weighted by molar-refractivity contribution is 5.92. The monoisotopic (exact) mass is 275 g/mol. The van der Waals surface area contributed by atoms with Gasteiger partial charge in [0, 0.05) is 7.05 Å². The number of carbonyl (C=O) groups excluding carboxylic acids is 1. The third kappa shape index (κ3) is 2.52. The first-order valence-corrected chi connectivity index (χ1v) is 6.66. The lowest BCUT2D eigenvalue weighted by Gasteiger charge is -2.21. The Kier molecular flexibility index (Phi) is 3.41. The van der Waals surface area contributed by atoms with Crippen LogP contribution in [-0.2, 0) is 7.05 Å². The Balaban J connectivity index is 1.64. The molecule has 106 valence electrons. The Hall–Kier alpha value is -2.31. The van der Waals surface area contributed by atoms with Gasteiger partial charge in [0.1, 0.15) is 11.8 Å². The average molecular weight is 275 g/mol. The summed E-state index contributed by atoms with van der Waals surface area (Å²) >= 11 is 0. The van der Waals surface area contributed by atoms with Crippen molar-refractivity contribution in [3.8, 4) is 5.75 Å². The maximum Gasteiger partial charge on any atom is 0.269 e. The second-order valence-corrected chi connectivity index (χ2v) is 4.99. The Morgan fingerprint density at radius 2 is 2.40 bits per heavy atom. The van der Waals surface area contributed by atoms with Gasteiger partial charge in [0.2, 0.25) is 0 Å². The van der Waals surface area contributed by atoms with Crippen molar-refractivity contribution in [2.75, 3.05) is 0 Å². The quantitative estimate of drug-likeness (QED) is 0.867. The van der Waals surface area contributed by atoms with Gasteiger partial charge in [-0.2, -0.15) is 5.10 Å². The van der Waals surface area contributed by atoms with Crippen molar-refractivity contribution in [1.82, 2.24) is 25.1 Å². The Morgan fingerprint density at radius 1 is 1.50 bits per heavy atom. The van der Waals surface area contributed by atoms with E-state index in [2.05, 4.69) is 20.5 Å². The first kappa shape index (κ1) is 12.7. The second-order valence-electron chi connectivity index (χ2n) is 4.99. The molecule has 1 aliphatic rings. The minimum absolute atomic E-state index is 0.00947. The lowest BCUT2D eigenvalue weighted by Crippen LogP contribution is -2.42. The number of carbonyl (C=O) groups is 1. The van der Waals surface area contributed by atoms with E-state index < -0.39 is 0 Å². The molecule has 1 aliphatic carbocycles. The van der Waals surface area contributed by atoms with Crippen molar-refractivity contribution in [1.29, 1.82) is 0 Å². The molecule has 7 nitrogen and oxygen atoms in total. The summed E-state index contributed by atoms with van der Waals surface area (Å²) in [6, 6.07) is 0.0206. The van der Waals surface area contributed by atoms with Gasteiger partial charge < -0.3 is 14.6 Å². The third-order valence-corrected chi connectivity index (χ3v) is 3.58. The van der Waals surface area contributed by atoms with E-state index in [0.717, 1.165) is 19.3 Å². The minimum atomic E-state index is -0.113. The van der Waals surface area contributed by atoms with Gasteiger partial charge >= 0.3 is 0 Å². The van der Waals surface area contributed by atoms with Crippen LogP contribution >= 0.6 is 0 Å². The van der Waals surface area contributed by atoms with Crippen LogP contribution in [0.15, 0.2) is 24.9 Å². The number of amides is 1. The molecule has 3 rings (SSSR count). The normalized spacial score (nSPS) is 21.9. The van der Waals surface area contributed by atoms with Crippen molar-refractivity contribution in [3.05, 3.63) is 30.6 Å². The summed E-state index contributed by atoms with van der Waals surface area (Å²) in [6.07, 6.45) is 9.41. The van der Waals surface area contributed by atoms with Crippen molar-refractivity contribution in [2.45, 2.75) is 31.4 Å². The van der Waals surface area contributed by atoms with Crippen LogP contribution in [0.2, 0.25) is 0 Å². The van der Waals surface area contributed by atoms with Gasteiger partial charge in [-0.05, 0) is 19.3 Å². The van der Waals surface area contributed by atoms with Crippen molar-refractivity contribution in [2.24, 2.45) is 7.05 Å². The Bertz CT molecular complexity index is 577. The zero-order valence-electron chi connectivity index (χ0n) is 11.2. The first-order chi connectivity index (χ1) is 9.74. The highest BCUT2D eigenvalue weighted by Crippen LogP contribution is 2.24. The van der Waals surface area contributed by atoms with Crippen molar-refractivity contribution in [3.63, 3.8) is 0 Å². The van der Waals surface area contributed by atoms with Crippen molar-refractivity contribution < 1.29 is 9.53 Å². The lowest BCUT2D eigenvalue weighted by atomic mass is 10.2. The molecule has 2 aromatic rings. The number of nitrogens with zero attached hydrogens (tertiary/aromatic N) is 3. The predicted octanol–water partition coefficient (Wildman–Crippen LogP) is 0.873. The molecule has 0 spiro atoms. The van der Waals surface area contributed by atoms with Crippen LogP contribution in [0, 0.1) is 0 Å². The number of rotatable bonds is 4. The van der Waals surface area contributed by atoms with Crippen LogP contribution in [-0.4, -0.2) is 37.8 Å². The maximum absolute atomic E-state index is 12.2. The largest absolute Gasteiger partial charge is 0.485 e. The Labute approximate surface area is 116 Å². The van der Waals surface area contributed by atoms with Crippen LogP contribution in [0.5, 0.6) is 5.75 Å². The fourth-order valence-electron chi connectivity index (χ4n) is 2.53. The summed E-state index contributed by atoms with van der Waals surface area (Å²) in [4.78, 5) is 16.1. The number of aryl methyl sites for hydroxylation is 1. The van der Waals surface area contributed by atoms with E-state index in [1.165, 1.54) is 0 Å². The lowest BCUT2D eigenvalue weighted by molar-refractivity contribution is 0.0886. The molecule has 2 aromatic heterocycles. The smallest absolute Gasteiger partial charge is 0.269 e. The summed E-state index contributed by atoms with van der Waals surface area (Å²) in [5.74, 6) is 0.592. The highest BCUT2D eigenvalue weighted by Gasteiger charge is 2.31. The van der Waals surface area contributed by atoms with E-state index in [1.54, 1.807) is 36.5 Å². The third-order valence-electron chi connectivity index (χ3n) is 3.58. The van der Waals surface area contributed by atoms with Gasteiger partial charge in [-0.1, -0.05) is 0 Å². The van der Waals surface area contributed by atoms with Gasteiger partial charge in [-0.3, -0.25) is 9.89 Å². The molecule has 2 heterocycles. The second kappa shape index (κ2) is 5.36. The molecule has 1 fully saturated rings. The van der Waals surface area contributed by atoms with Crippen LogP contribution in [0.4, 0.5) is 0 Å². The fraction of sp³-hybridized carbons (Fsp3) is 0.462. The molecule has 1 amide bonds. The SMILES string of the molecule is Cn1cncc1C(=O)N[C@H]1CCC[C@H]1Oc1cn[nH]c1. The molecule has 0 unspecified atom stereocenters. The van der Waals surface area contributed by atoms with E-state index in [0.29, 0.717) is 11.4 Å². The number of ether oxygens (including phenoxy) is 1. The minimum Gasteiger partial charge on any atom is -0.485 e. The fourth-order valence-corrected chi connectivity index (χ4v) is 2.53. The summed E-state index contributed by atoms with van der Waals surface area (Å²) in [7, 11) is 1.80. The van der Waals surface area contributed by atoms with E-state index in [-0.39, 0.29) is 18.1 Å². The summed E-state index contributed by atoms with van der Waals surface area (Å²) in [5, 5.41) is 9.60. The molecule has 7 heteroatoms. The number of H-pyrrole nitrogens is 1. The number of imidazole rings is 1. The molecular formula is C13H17N5O2. The maximum atomic E-state index is 12.2. The van der Waals surface area contributed by atoms with Crippen LogP contribution in [0.25, 0.3) is 0 Å². The zero-order chi connectivity index (χ0) is 13.9. The molecular weight excluding hydrogens is 258 g/mol. The molecule has 0 bridgehead atoms. The number of aromatic nitrogens is 4. The molecule has 1 saturated carbocycles. The molecule has 0 saturated heterocycles. The predicted molar refractivity (Wildman–Crippen MR) is 71.3 cm³/mol. The number of hydrogen-bond donors (Lipinski definition) is 2. The van der Waals surface area contributed by atoms with Gasteiger partial charge in [-0.25, -0.2) is 4.98 Å². The van der Waals surface area contributed by atoms with Gasteiger partial charge in [-0.15, -0.1) is 0 Å². The van der Waals surface area contributed by atoms with Gasteiger partial charge in [0.15, 0.2) is 5.75 Å². The summed E-state index contributed by atoms with van der Waals surface area (Å²) in [5.41, 5.74) is 0.555. The summed E-state index contributed by atoms with van der Waals surface area (Å²) < 4.78 is 7.55. The van der Waals surface area contributed by atoms with E-state index in [1.807, 2.05) is 0 Å². The first-order valence-electron chi connectivity index (χ1n) is 6.66. The number of aromatic amines is 1. The molecule has 0 radical (unpaired) electrons. The van der Waals surface area contributed by atoms with E-state index >= 15 is 0 Å². The molecule has 0 aliphatic heterocycles. The zero-order valence-corrected chi connectivity index (χ0v) is 11.2. The molecule has 0 aromatic carbocycles. The average Bonchev–Trinajstić information content (AvgIpc) is 3.13. The number of nitrogens with one attached hydrogen (secondary N) is 2. The molecule has 2 atom stereocenters. The van der Waals surface area contributed by atoms with E-state index in [9.17, 15) is 4.79 Å². The highest BCUT2D eigenvalue weighted by atomic mass is 16.5. The Morgan fingerprint density at radius 3 is 3.10 bits per heavy atom. The van der Waals surface area contributed by atoms with Crippen LogP contribution in [0.3, 0.4) is 0 Å². The standard InChI is InChI=1S/C13H17N5O2/c1-18-8-14-7-11(18)13(19)17-10-3-2-4-12(10)20-9-5-15-16-6-9/h5-8,10,12H,2-4H2,1H3,(H,15,16)(H,17,19)/t10-,12+/m0/s1.